The van der Waals surface area contributed by atoms with Crippen LogP contribution in [0.4, 0.5) is 0 Å². The predicted molar refractivity (Wildman–Crippen MR) is 84.7 cm³/mol. The van der Waals surface area contributed by atoms with Crippen LogP contribution in [-0.2, 0) is 6.42 Å². The van der Waals surface area contributed by atoms with Gasteiger partial charge in [0.25, 0.3) is 0 Å². The van der Waals surface area contributed by atoms with Gasteiger partial charge < -0.3 is 5.73 Å². The molecule has 2 heteroatoms. The van der Waals surface area contributed by atoms with Gasteiger partial charge in [0.05, 0.1) is 0 Å². The van der Waals surface area contributed by atoms with E-state index in [9.17, 15) is 0 Å². The monoisotopic (exact) mass is 272 g/mol. The minimum absolute atomic E-state index is 0.185. The van der Waals surface area contributed by atoms with E-state index < -0.39 is 0 Å². The second kappa shape index (κ2) is 5.87. The molecular formula is C18H28N2. The molecule has 0 amide bonds. The van der Waals surface area contributed by atoms with E-state index in [1.807, 2.05) is 0 Å². The van der Waals surface area contributed by atoms with E-state index in [1.165, 1.54) is 49.7 Å². The third-order valence-corrected chi connectivity index (χ3v) is 5.62. The van der Waals surface area contributed by atoms with Crippen LogP contribution in [0.3, 0.4) is 0 Å². The largest absolute Gasteiger partial charge is 0.323 e. The zero-order valence-corrected chi connectivity index (χ0v) is 12.9. The Balaban J connectivity index is 1.72. The molecule has 3 rings (SSSR count). The number of likely N-dealkylation sites (N-methyl/N-ethyl adjacent to an activating group) is 1. The number of aryl methyl sites for hydroxylation is 1. The van der Waals surface area contributed by atoms with Gasteiger partial charge in [-0.1, -0.05) is 31.2 Å². The highest BCUT2D eigenvalue weighted by atomic mass is 15.2. The van der Waals surface area contributed by atoms with Crippen molar-refractivity contribution in [3.05, 3.63) is 35.4 Å². The van der Waals surface area contributed by atoms with Crippen LogP contribution in [0.1, 0.15) is 56.2 Å². The predicted octanol–water partition coefficient (Wildman–Crippen LogP) is 3.51. The van der Waals surface area contributed by atoms with Crippen LogP contribution in [0.25, 0.3) is 0 Å². The maximum Gasteiger partial charge on any atom is 0.0455 e. The molecule has 2 unspecified atom stereocenters. The molecule has 2 atom stereocenters. The fourth-order valence-corrected chi connectivity index (χ4v) is 4.15. The van der Waals surface area contributed by atoms with Crippen molar-refractivity contribution < 1.29 is 0 Å². The average Bonchev–Trinajstić information content (AvgIpc) is 2.48. The molecule has 2 aliphatic rings. The number of hydrogen-bond acceptors (Lipinski definition) is 2. The SMILES string of the molecule is CC1CCC(N(C)C2CCc3ccccc3C2N)CC1. The minimum Gasteiger partial charge on any atom is -0.323 e. The summed E-state index contributed by atoms with van der Waals surface area (Å²) < 4.78 is 0. The quantitative estimate of drug-likeness (QED) is 0.892. The molecule has 1 fully saturated rings. The average molecular weight is 272 g/mol. The van der Waals surface area contributed by atoms with E-state index in [-0.39, 0.29) is 6.04 Å². The molecule has 0 spiro atoms. The number of nitrogens with two attached hydrogens (primary N) is 1. The zero-order chi connectivity index (χ0) is 14.1. The van der Waals surface area contributed by atoms with Crippen molar-refractivity contribution in [3.8, 4) is 0 Å². The van der Waals surface area contributed by atoms with Gasteiger partial charge in [-0.25, -0.2) is 0 Å². The Bertz CT molecular complexity index is 448. The van der Waals surface area contributed by atoms with Gasteiger partial charge >= 0.3 is 0 Å². The van der Waals surface area contributed by atoms with Crippen molar-refractivity contribution in [2.24, 2.45) is 11.7 Å². The lowest BCUT2D eigenvalue weighted by Gasteiger charge is -2.43. The first-order valence-corrected chi connectivity index (χ1v) is 8.22. The zero-order valence-electron chi connectivity index (χ0n) is 12.9. The fraction of sp³-hybridized carbons (Fsp3) is 0.667. The summed E-state index contributed by atoms with van der Waals surface area (Å²) in [7, 11) is 2.30. The third kappa shape index (κ3) is 2.64. The third-order valence-electron chi connectivity index (χ3n) is 5.62. The summed E-state index contributed by atoms with van der Waals surface area (Å²) in [6, 6.07) is 10.2. The first-order chi connectivity index (χ1) is 9.66. The second-order valence-electron chi connectivity index (χ2n) is 6.91. The van der Waals surface area contributed by atoms with Crippen molar-refractivity contribution in [1.29, 1.82) is 0 Å². The summed E-state index contributed by atoms with van der Waals surface area (Å²) in [5.41, 5.74) is 9.42. The highest BCUT2D eigenvalue weighted by Crippen LogP contribution is 2.35. The van der Waals surface area contributed by atoms with Crippen molar-refractivity contribution >= 4 is 0 Å². The molecule has 20 heavy (non-hydrogen) atoms. The summed E-state index contributed by atoms with van der Waals surface area (Å²) in [6.45, 7) is 2.39. The molecule has 0 saturated heterocycles. The summed E-state index contributed by atoms with van der Waals surface area (Å²) >= 11 is 0. The van der Waals surface area contributed by atoms with Gasteiger partial charge in [0, 0.05) is 18.1 Å². The Morgan fingerprint density at radius 1 is 1.05 bits per heavy atom. The molecule has 1 saturated carbocycles. The van der Waals surface area contributed by atoms with Crippen molar-refractivity contribution in [3.63, 3.8) is 0 Å². The Hall–Kier alpha value is -0.860. The van der Waals surface area contributed by atoms with Crippen LogP contribution in [0.15, 0.2) is 24.3 Å². The lowest BCUT2D eigenvalue weighted by atomic mass is 9.81. The molecule has 2 aliphatic carbocycles. The van der Waals surface area contributed by atoms with E-state index in [1.54, 1.807) is 0 Å². The van der Waals surface area contributed by atoms with Gasteiger partial charge in [-0.3, -0.25) is 4.90 Å². The first kappa shape index (κ1) is 14.1. The number of rotatable bonds is 2. The topological polar surface area (TPSA) is 29.3 Å². The number of hydrogen-bond donors (Lipinski definition) is 1. The number of nitrogens with zero attached hydrogens (tertiary/aromatic N) is 1. The van der Waals surface area contributed by atoms with E-state index in [2.05, 4.69) is 43.1 Å². The molecule has 110 valence electrons. The molecule has 1 aromatic rings. The number of fused-ring (bicyclic) bond motifs is 1. The molecule has 2 N–H and O–H groups in total. The maximum absolute atomic E-state index is 6.58. The summed E-state index contributed by atoms with van der Waals surface area (Å²) in [4.78, 5) is 2.60. The van der Waals surface area contributed by atoms with Crippen LogP contribution in [0.5, 0.6) is 0 Å². The van der Waals surface area contributed by atoms with Crippen LogP contribution in [0, 0.1) is 5.92 Å². The van der Waals surface area contributed by atoms with Gasteiger partial charge in [-0.05, 0) is 62.6 Å². The minimum atomic E-state index is 0.185. The Morgan fingerprint density at radius 2 is 1.75 bits per heavy atom. The molecule has 0 radical (unpaired) electrons. The standard InChI is InChI=1S/C18H28N2/c1-13-7-10-15(11-8-13)20(2)17-12-9-14-5-3-4-6-16(14)18(17)19/h3-6,13,15,17-18H,7-12,19H2,1-2H3. The summed E-state index contributed by atoms with van der Waals surface area (Å²) in [5.74, 6) is 0.917. The maximum atomic E-state index is 6.58. The summed E-state index contributed by atoms with van der Waals surface area (Å²) in [6.07, 6.45) is 7.86. The highest BCUT2D eigenvalue weighted by molar-refractivity contribution is 5.33. The summed E-state index contributed by atoms with van der Waals surface area (Å²) in [5, 5.41) is 0. The fourth-order valence-electron chi connectivity index (χ4n) is 4.15. The van der Waals surface area contributed by atoms with E-state index >= 15 is 0 Å². The lowest BCUT2D eigenvalue weighted by Crippen LogP contribution is -2.48. The van der Waals surface area contributed by atoms with Gasteiger partial charge in [0.15, 0.2) is 0 Å². The molecule has 1 aromatic carbocycles. The van der Waals surface area contributed by atoms with Crippen LogP contribution in [0.2, 0.25) is 0 Å². The van der Waals surface area contributed by atoms with Crippen molar-refractivity contribution in [2.45, 2.75) is 63.6 Å². The van der Waals surface area contributed by atoms with Crippen molar-refractivity contribution in [2.75, 3.05) is 7.05 Å². The van der Waals surface area contributed by atoms with Crippen molar-refractivity contribution in [1.82, 2.24) is 4.90 Å². The first-order valence-electron chi connectivity index (χ1n) is 8.22. The Kier molecular flexibility index (Phi) is 4.13. The number of benzene rings is 1. The van der Waals surface area contributed by atoms with Crippen LogP contribution >= 0.6 is 0 Å². The second-order valence-corrected chi connectivity index (χ2v) is 6.91. The van der Waals surface area contributed by atoms with E-state index in [0.717, 1.165) is 12.0 Å². The van der Waals surface area contributed by atoms with Gasteiger partial charge in [0.1, 0.15) is 0 Å². The van der Waals surface area contributed by atoms with Gasteiger partial charge in [-0.15, -0.1) is 0 Å². The molecule has 0 bridgehead atoms. The molecule has 0 aliphatic heterocycles. The molecule has 0 heterocycles. The Labute approximate surface area is 123 Å². The molecule has 2 nitrogen and oxygen atoms in total. The van der Waals surface area contributed by atoms with Crippen LogP contribution in [-0.4, -0.2) is 24.0 Å². The smallest absolute Gasteiger partial charge is 0.0455 e. The van der Waals surface area contributed by atoms with Gasteiger partial charge in [-0.2, -0.15) is 0 Å². The molecular weight excluding hydrogens is 244 g/mol. The van der Waals surface area contributed by atoms with Gasteiger partial charge in [0.2, 0.25) is 0 Å². The Morgan fingerprint density at radius 3 is 2.50 bits per heavy atom. The highest BCUT2D eigenvalue weighted by Gasteiger charge is 2.33. The van der Waals surface area contributed by atoms with Crippen LogP contribution < -0.4 is 5.73 Å². The van der Waals surface area contributed by atoms with E-state index in [0.29, 0.717) is 6.04 Å². The molecule has 0 aromatic heterocycles. The van der Waals surface area contributed by atoms with E-state index in [4.69, 9.17) is 5.73 Å². The lowest BCUT2D eigenvalue weighted by molar-refractivity contribution is 0.0984. The normalized spacial score (nSPS) is 34.0.